The first-order valence-corrected chi connectivity index (χ1v) is 7.55. The van der Waals surface area contributed by atoms with Gasteiger partial charge < -0.3 is 5.32 Å². The number of aromatic nitrogens is 4. The van der Waals surface area contributed by atoms with E-state index in [1.165, 1.54) is 5.70 Å². The summed E-state index contributed by atoms with van der Waals surface area (Å²) in [4.78, 5) is 8.96. The summed E-state index contributed by atoms with van der Waals surface area (Å²) in [5, 5.41) is 8.12. The van der Waals surface area contributed by atoms with Gasteiger partial charge in [0.2, 0.25) is 0 Å². The Kier molecular flexibility index (Phi) is 3.43. The van der Waals surface area contributed by atoms with Gasteiger partial charge in [0, 0.05) is 24.9 Å². The highest BCUT2D eigenvalue weighted by Gasteiger charge is 2.21. The second-order valence-electron chi connectivity index (χ2n) is 6.70. The van der Waals surface area contributed by atoms with Crippen LogP contribution in [0.15, 0.2) is 18.0 Å². The van der Waals surface area contributed by atoms with Crippen molar-refractivity contribution in [3.05, 3.63) is 35.2 Å². The molecule has 0 fully saturated rings. The molecule has 0 atom stereocenters. The minimum Gasteiger partial charge on any atom is -0.388 e. The molecule has 0 saturated heterocycles. The normalized spacial score (nSPS) is 17.6. The fraction of sp³-hybridized carbons (Fsp3) is 0.562. The Morgan fingerprint density at radius 1 is 1.29 bits per heavy atom. The van der Waals surface area contributed by atoms with Crippen LogP contribution in [0.3, 0.4) is 0 Å². The molecule has 0 saturated carbocycles. The predicted octanol–water partition coefficient (Wildman–Crippen LogP) is 2.58. The number of allylic oxidation sites excluding steroid dienone is 2. The van der Waals surface area contributed by atoms with E-state index in [4.69, 9.17) is 0 Å². The second kappa shape index (κ2) is 5.13. The molecule has 0 amide bonds. The van der Waals surface area contributed by atoms with E-state index in [2.05, 4.69) is 40.3 Å². The molecular weight excluding hydrogens is 262 g/mol. The van der Waals surface area contributed by atoms with Gasteiger partial charge >= 0.3 is 0 Å². The number of hydrogen-bond acceptors (Lipinski definition) is 4. The molecule has 21 heavy (non-hydrogen) atoms. The number of nitrogens with zero attached hydrogens (tertiary/aromatic N) is 4. The maximum atomic E-state index is 4.62. The van der Waals surface area contributed by atoms with Crippen molar-refractivity contribution in [1.29, 1.82) is 0 Å². The number of rotatable bonds is 3. The topological polar surface area (TPSA) is 55.1 Å². The van der Waals surface area contributed by atoms with Crippen LogP contribution in [0.2, 0.25) is 0 Å². The molecule has 0 spiro atoms. The van der Waals surface area contributed by atoms with Crippen molar-refractivity contribution >= 4 is 5.65 Å². The van der Waals surface area contributed by atoms with Gasteiger partial charge in [0.15, 0.2) is 11.5 Å². The summed E-state index contributed by atoms with van der Waals surface area (Å²) in [6.45, 7) is 9.59. The first kappa shape index (κ1) is 14.0. The van der Waals surface area contributed by atoms with Crippen LogP contribution in [0.4, 0.5) is 0 Å². The Labute approximate surface area is 125 Å². The average molecular weight is 285 g/mol. The van der Waals surface area contributed by atoms with Crippen LogP contribution in [0.25, 0.3) is 5.65 Å². The molecule has 1 aliphatic heterocycles. The Bertz CT molecular complexity index is 657. The van der Waals surface area contributed by atoms with Gasteiger partial charge in [0.1, 0.15) is 0 Å². The summed E-state index contributed by atoms with van der Waals surface area (Å²) >= 11 is 0. The number of fused-ring (bicyclic) bond motifs is 1. The zero-order chi connectivity index (χ0) is 15.0. The lowest BCUT2D eigenvalue weighted by atomic mass is 9.86. The summed E-state index contributed by atoms with van der Waals surface area (Å²) in [5.41, 5.74) is 4.50. The molecule has 0 radical (unpaired) electrons. The van der Waals surface area contributed by atoms with E-state index in [0.717, 1.165) is 48.7 Å². The highest BCUT2D eigenvalue weighted by Crippen LogP contribution is 2.25. The zero-order valence-electron chi connectivity index (χ0n) is 13.3. The van der Waals surface area contributed by atoms with E-state index >= 15 is 0 Å². The molecule has 5 heteroatoms. The van der Waals surface area contributed by atoms with Crippen molar-refractivity contribution in [3.63, 3.8) is 0 Å². The molecule has 112 valence electrons. The minimum absolute atomic E-state index is 0.366. The molecule has 0 bridgehead atoms. The molecule has 3 heterocycles. The van der Waals surface area contributed by atoms with Gasteiger partial charge in [-0.3, -0.25) is 4.98 Å². The van der Waals surface area contributed by atoms with Gasteiger partial charge in [-0.05, 0) is 32.1 Å². The van der Waals surface area contributed by atoms with Gasteiger partial charge in [-0.25, -0.2) is 9.50 Å². The van der Waals surface area contributed by atoms with E-state index in [1.54, 1.807) is 0 Å². The number of aryl methyl sites for hydroxylation is 3. The quantitative estimate of drug-likeness (QED) is 0.941. The third kappa shape index (κ3) is 2.91. The van der Waals surface area contributed by atoms with Crippen molar-refractivity contribution < 1.29 is 0 Å². The summed E-state index contributed by atoms with van der Waals surface area (Å²) in [6.07, 6.45) is 7.12. The predicted molar refractivity (Wildman–Crippen MR) is 83.1 cm³/mol. The molecule has 0 aliphatic carbocycles. The highest BCUT2D eigenvalue weighted by molar-refractivity contribution is 5.43. The maximum absolute atomic E-state index is 4.62. The Balaban J connectivity index is 1.73. The van der Waals surface area contributed by atoms with E-state index in [9.17, 15) is 0 Å². The van der Waals surface area contributed by atoms with Crippen LogP contribution in [-0.2, 0) is 6.42 Å². The lowest BCUT2D eigenvalue weighted by molar-refractivity contribution is 0.337. The summed E-state index contributed by atoms with van der Waals surface area (Å²) in [6, 6.07) is 0. The second-order valence-corrected chi connectivity index (χ2v) is 6.70. The van der Waals surface area contributed by atoms with Crippen LogP contribution < -0.4 is 5.32 Å². The monoisotopic (exact) mass is 285 g/mol. The fourth-order valence-electron chi connectivity index (χ4n) is 2.58. The van der Waals surface area contributed by atoms with Crippen molar-refractivity contribution in [2.75, 3.05) is 6.54 Å². The van der Waals surface area contributed by atoms with Crippen LogP contribution >= 0.6 is 0 Å². The summed E-state index contributed by atoms with van der Waals surface area (Å²) in [5.74, 6) is 0.890. The third-order valence-corrected chi connectivity index (χ3v) is 4.07. The molecule has 5 nitrogen and oxygen atoms in total. The van der Waals surface area contributed by atoms with E-state index in [0.29, 0.717) is 5.41 Å². The van der Waals surface area contributed by atoms with E-state index in [1.807, 2.05) is 24.6 Å². The van der Waals surface area contributed by atoms with Crippen LogP contribution in [0.5, 0.6) is 0 Å². The molecule has 3 rings (SSSR count). The molecule has 0 aromatic carbocycles. The van der Waals surface area contributed by atoms with Crippen LogP contribution in [-0.4, -0.2) is 26.1 Å². The van der Waals surface area contributed by atoms with Crippen LogP contribution in [0.1, 0.15) is 43.9 Å². The van der Waals surface area contributed by atoms with E-state index in [-0.39, 0.29) is 0 Å². The summed E-state index contributed by atoms with van der Waals surface area (Å²) in [7, 11) is 0. The number of nitrogens with one attached hydrogen (secondary N) is 1. The smallest absolute Gasteiger partial charge is 0.177 e. The van der Waals surface area contributed by atoms with Gasteiger partial charge in [-0.15, -0.1) is 0 Å². The van der Waals surface area contributed by atoms with Crippen LogP contribution in [0, 0.1) is 19.3 Å². The Morgan fingerprint density at radius 2 is 2.10 bits per heavy atom. The largest absolute Gasteiger partial charge is 0.388 e. The zero-order valence-corrected chi connectivity index (χ0v) is 13.3. The maximum Gasteiger partial charge on any atom is 0.177 e. The average Bonchev–Trinajstić information content (AvgIpc) is 2.87. The molecule has 2 aromatic heterocycles. The SMILES string of the molecule is Cc1ncc(C)n2nc(CCC3=CCC(C)(C)CN3)nc12. The van der Waals surface area contributed by atoms with Crippen molar-refractivity contribution in [3.8, 4) is 0 Å². The minimum atomic E-state index is 0.366. The Morgan fingerprint density at radius 3 is 2.76 bits per heavy atom. The lowest BCUT2D eigenvalue weighted by Crippen LogP contribution is -2.32. The Hall–Kier alpha value is -1.91. The summed E-state index contributed by atoms with van der Waals surface area (Å²) < 4.78 is 1.89. The van der Waals surface area contributed by atoms with Gasteiger partial charge in [-0.2, -0.15) is 5.10 Å². The highest BCUT2D eigenvalue weighted by atomic mass is 15.3. The molecule has 0 unspecified atom stereocenters. The first-order chi connectivity index (χ1) is 9.94. The first-order valence-electron chi connectivity index (χ1n) is 7.55. The van der Waals surface area contributed by atoms with Crippen molar-refractivity contribution in [2.24, 2.45) is 5.41 Å². The van der Waals surface area contributed by atoms with E-state index < -0.39 is 0 Å². The van der Waals surface area contributed by atoms with Gasteiger partial charge in [0.25, 0.3) is 0 Å². The number of hydrogen-bond donors (Lipinski definition) is 1. The molecule has 2 aromatic rings. The molecule has 1 aliphatic rings. The van der Waals surface area contributed by atoms with Gasteiger partial charge in [0.05, 0.1) is 11.4 Å². The standard InChI is InChI=1S/C16H23N5/c1-11-9-17-12(2)15-19-14(20-21(11)15)6-5-13-7-8-16(3,4)10-18-13/h7,9,18H,5-6,8,10H2,1-4H3. The molecule has 1 N–H and O–H groups in total. The fourth-order valence-corrected chi connectivity index (χ4v) is 2.58. The third-order valence-electron chi connectivity index (χ3n) is 4.07. The molecular formula is C16H23N5. The van der Waals surface area contributed by atoms with Gasteiger partial charge in [-0.1, -0.05) is 19.9 Å². The van der Waals surface area contributed by atoms with Crippen molar-refractivity contribution in [1.82, 2.24) is 24.9 Å². The lowest BCUT2D eigenvalue weighted by Gasteiger charge is -2.30. The van der Waals surface area contributed by atoms with Crippen molar-refractivity contribution in [2.45, 2.75) is 47.0 Å².